The molecule has 0 amide bonds. The molecule has 0 bridgehead atoms. The van der Waals surface area contributed by atoms with Crippen LogP contribution in [-0.4, -0.2) is 31.7 Å². The maximum absolute atomic E-state index is 13.8. The Bertz CT molecular complexity index is 1490. The monoisotopic (exact) mass is 475 g/mol. The van der Waals surface area contributed by atoms with E-state index in [2.05, 4.69) is 4.98 Å². The van der Waals surface area contributed by atoms with Gasteiger partial charge in [0.25, 0.3) is 11.5 Å². The van der Waals surface area contributed by atoms with E-state index < -0.39 is 35.4 Å². The number of rotatable bonds is 6. The first-order chi connectivity index (χ1) is 15.8. The van der Waals surface area contributed by atoms with Crippen molar-refractivity contribution in [2.75, 3.05) is 6.61 Å². The van der Waals surface area contributed by atoms with Crippen LogP contribution < -0.4 is 16.0 Å². The lowest BCUT2D eigenvalue weighted by atomic mass is 10.2. The summed E-state index contributed by atoms with van der Waals surface area (Å²) in [6.45, 7) is -0.962. The highest BCUT2D eigenvalue weighted by Crippen LogP contribution is 2.22. The number of pyridine rings is 1. The Balaban J connectivity index is 1.56. The molecule has 11 heteroatoms. The molecule has 2 aromatic heterocycles. The van der Waals surface area contributed by atoms with Crippen LogP contribution in [0.25, 0.3) is 11.0 Å². The molecule has 0 radical (unpaired) electrons. The summed E-state index contributed by atoms with van der Waals surface area (Å²) in [7, 11) is 0. The zero-order valence-electron chi connectivity index (χ0n) is 16.8. The summed E-state index contributed by atoms with van der Waals surface area (Å²) in [6.07, 6.45) is 1.44. The number of carbonyl (C=O) groups excluding carboxylic acids is 1. The van der Waals surface area contributed by atoms with Crippen LogP contribution in [0.4, 0.5) is 8.78 Å². The van der Waals surface area contributed by atoms with Crippen LogP contribution in [0.2, 0.25) is 5.02 Å². The van der Waals surface area contributed by atoms with Gasteiger partial charge in [0.15, 0.2) is 0 Å². The number of halogens is 3. The molecule has 0 aliphatic heterocycles. The molecule has 0 saturated carbocycles. The van der Waals surface area contributed by atoms with Crippen LogP contribution in [0.1, 0.15) is 15.9 Å². The average molecular weight is 476 g/mol. The number of H-pyrrole nitrogens is 1. The second-order valence-corrected chi connectivity index (χ2v) is 7.50. The van der Waals surface area contributed by atoms with E-state index in [9.17, 15) is 23.2 Å². The maximum Gasteiger partial charge on any atom is 0.333 e. The summed E-state index contributed by atoms with van der Waals surface area (Å²) >= 11 is 6.14. The van der Waals surface area contributed by atoms with E-state index in [1.807, 2.05) is 0 Å². The molecule has 2 heterocycles. The minimum absolute atomic E-state index is 0.0426. The predicted molar refractivity (Wildman–Crippen MR) is 116 cm³/mol. The van der Waals surface area contributed by atoms with E-state index in [0.29, 0.717) is 16.6 Å². The number of carbonyl (C=O) groups is 1. The van der Waals surface area contributed by atoms with Gasteiger partial charge in [0, 0.05) is 17.8 Å². The number of fused-ring (bicyclic) bond motifs is 1. The topological polar surface area (TPSA) is 106 Å². The maximum atomic E-state index is 13.8. The summed E-state index contributed by atoms with van der Waals surface area (Å²) in [5.41, 5.74) is 0.152. The Hall–Kier alpha value is -3.76. The summed E-state index contributed by atoms with van der Waals surface area (Å²) < 4.78 is 34.4. The minimum Gasteiger partial charge on any atom is -0.487 e. The first-order valence-corrected chi connectivity index (χ1v) is 9.99. The number of aliphatic hydroxyl groups is 1. The molecule has 0 spiro atoms. The number of aliphatic hydroxyl groups excluding tert-OH is 1. The van der Waals surface area contributed by atoms with Gasteiger partial charge in [-0.1, -0.05) is 17.7 Å². The third-order valence-electron chi connectivity index (χ3n) is 4.95. The highest BCUT2D eigenvalue weighted by molar-refractivity contribution is 6.31. The fraction of sp³-hybridized carbons (Fsp3) is 0.136. The van der Waals surface area contributed by atoms with Crippen LogP contribution >= 0.6 is 11.6 Å². The van der Waals surface area contributed by atoms with Crippen molar-refractivity contribution < 1.29 is 23.4 Å². The van der Waals surface area contributed by atoms with Crippen LogP contribution in [0, 0.1) is 11.6 Å². The lowest BCUT2D eigenvalue weighted by molar-refractivity contribution is 0.0820. The SMILES string of the molecule is O=C(CO)n1c(=O)[nH]c2cc(Cn3ccc(OCc4ccc(F)cc4F)c(Cl)c3=O)ccc21. The van der Waals surface area contributed by atoms with Crippen LogP contribution in [0.3, 0.4) is 0 Å². The molecule has 2 N–H and O–H groups in total. The molecule has 170 valence electrons. The van der Waals surface area contributed by atoms with Crippen LogP contribution in [-0.2, 0) is 13.2 Å². The summed E-state index contributed by atoms with van der Waals surface area (Å²) in [5, 5.41) is 8.82. The van der Waals surface area contributed by atoms with Crippen molar-refractivity contribution in [1.29, 1.82) is 0 Å². The van der Waals surface area contributed by atoms with Gasteiger partial charge < -0.3 is 19.4 Å². The lowest BCUT2D eigenvalue weighted by Crippen LogP contribution is -2.26. The second-order valence-electron chi connectivity index (χ2n) is 7.12. The van der Waals surface area contributed by atoms with Gasteiger partial charge in [0.05, 0.1) is 17.6 Å². The van der Waals surface area contributed by atoms with E-state index >= 15 is 0 Å². The van der Waals surface area contributed by atoms with E-state index in [4.69, 9.17) is 21.4 Å². The Labute approximate surface area is 189 Å². The zero-order valence-corrected chi connectivity index (χ0v) is 17.6. The van der Waals surface area contributed by atoms with Crippen molar-refractivity contribution in [2.24, 2.45) is 0 Å². The second kappa shape index (κ2) is 9.00. The van der Waals surface area contributed by atoms with Crippen molar-refractivity contribution in [3.8, 4) is 5.75 Å². The first kappa shape index (κ1) is 22.4. The van der Waals surface area contributed by atoms with Gasteiger partial charge in [-0.15, -0.1) is 0 Å². The summed E-state index contributed by atoms with van der Waals surface area (Å²) in [5.74, 6) is -2.21. The number of nitrogens with zero attached hydrogens (tertiary/aromatic N) is 2. The van der Waals surface area contributed by atoms with Crippen molar-refractivity contribution in [1.82, 2.24) is 14.1 Å². The molecule has 0 unspecified atom stereocenters. The number of aromatic amines is 1. The third kappa shape index (κ3) is 4.43. The van der Waals surface area contributed by atoms with Crippen LogP contribution in [0.5, 0.6) is 5.75 Å². The van der Waals surface area contributed by atoms with Gasteiger partial charge in [-0.3, -0.25) is 9.59 Å². The number of hydrogen-bond acceptors (Lipinski definition) is 5. The van der Waals surface area contributed by atoms with E-state index in [1.54, 1.807) is 12.1 Å². The molecule has 0 aliphatic carbocycles. The number of aromatic nitrogens is 3. The van der Waals surface area contributed by atoms with Crippen molar-refractivity contribution in [3.05, 3.63) is 97.3 Å². The highest BCUT2D eigenvalue weighted by atomic mass is 35.5. The van der Waals surface area contributed by atoms with Crippen LogP contribution in [0.15, 0.2) is 58.3 Å². The molecule has 0 atom stereocenters. The standard InChI is InChI=1S/C22H16ClF2N3O5/c23-20-18(33-11-13-2-3-14(24)8-15(13)25)5-6-27(21(20)31)9-12-1-4-17-16(7-12)26-22(32)28(17)19(30)10-29/h1-8,29H,9-11H2,(H,26,32). The van der Waals surface area contributed by atoms with E-state index in [-0.39, 0.29) is 29.5 Å². The Morgan fingerprint density at radius 3 is 2.64 bits per heavy atom. The number of ether oxygens (including phenoxy) is 1. The van der Waals surface area contributed by atoms with Crippen molar-refractivity contribution >= 4 is 28.5 Å². The van der Waals surface area contributed by atoms with Gasteiger partial charge in [-0.05, 0) is 35.9 Å². The molecule has 4 rings (SSSR count). The fourth-order valence-electron chi connectivity index (χ4n) is 3.33. The Morgan fingerprint density at radius 2 is 1.91 bits per heavy atom. The summed E-state index contributed by atoms with van der Waals surface area (Å²) in [6, 6.07) is 9.26. The fourth-order valence-corrected chi connectivity index (χ4v) is 3.56. The quantitative estimate of drug-likeness (QED) is 0.446. The Kier molecular flexibility index (Phi) is 6.12. The molecule has 0 aliphatic rings. The van der Waals surface area contributed by atoms with Gasteiger partial charge in [-0.25, -0.2) is 18.1 Å². The van der Waals surface area contributed by atoms with Crippen molar-refractivity contribution in [3.63, 3.8) is 0 Å². The number of nitrogens with one attached hydrogen (secondary N) is 1. The largest absolute Gasteiger partial charge is 0.487 e. The zero-order chi connectivity index (χ0) is 23.7. The number of benzene rings is 2. The average Bonchev–Trinajstić information content (AvgIpc) is 3.12. The van der Waals surface area contributed by atoms with Gasteiger partial charge in [0.2, 0.25) is 0 Å². The molecule has 8 nitrogen and oxygen atoms in total. The summed E-state index contributed by atoms with van der Waals surface area (Å²) in [4.78, 5) is 38.9. The van der Waals surface area contributed by atoms with E-state index in [0.717, 1.165) is 16.7 Å². The normalized spacial score (nSPS) is 11.2. The first-order valence-electron chi connectivity index (χ1n) is 9.62. The minimum atomic E-state index is -0.815. The molecular formula is C22H16ClF2N3O5. The van der Waals surface area contributed by atoms with Gasteiger partial charge in [-0.2, -0.15) is 0 Å². The molecule has 0 saturated heterocycles. The third-order valence-corrected chi connectivity index (χ3v) is 5.30. The van der Waals surface area contributed by atoms with E-state index in [1.165, 1.54) is 29.0 Å². The number of imidazole rings is 1. The lowest BCUT2D eigenvalue weighted by Gasteiger charge is -2.12. The Morgan fingerprint density at radius 1 is 1.12 bits per heavy atom. The molecule has 2 aromatic carbocycles. The molecular weight excluding hydrogens is 460 g/mol. The van der Waals surface area contributed by atoms with Crippen molar-refractivity contribution in [2.45, 2.75) is 13.2 Å². The molecule has 0 fully saturated rings. The number of hydrogen-bond donors (Lipinski definition) is 2. The van der Waals surface area contributed by atoms with Gasteiger partial charge in [0.1, 0.15) is 35.6 Å². The predicted octanol–water partition coefficient (Wildman–Crippen LogP) is 2.68. The highest BCUT2D eigenvalue weighted by Gasteiger charge is 2.15. The molecule has 4 aromatic rings. The molecule has 33 heavy (non-hydrogen) atoms. The smallest absolute Gasteiger partial charge is 0.333 e. The van der Waals surface area contributed by atoms with Gasteiger partial charge >= 0.3 is 5.69 Å².